The Morgan fingerprint density at radius 2 is 1.83 bits per heavy atom. The van der Waals surface area contributed by atoms with E-state index in [-0.39, 0.29) is 5.91 Å². The molecular weight excluding hydrogens is 304 g/mol. The van der Waals surface area contributed by atoms with Crippen molar-refractivity contribution in [1.82, 2.24) is 4.90 Å². The molecule has 0 unspecified atom stereocenters. The van der Waals surface area contributed by atoms with E-state index < -0.39 is 0 Å². The molecule has 3 nitrogen and oxygen atoms in total. The predicted octanol–water partition coefficient (Wildman–Crippen LogP) is 4.32. The van der Waals surface area contributed by atoms with Gasteiger partial charge in [0.25, 0.3) is 0 Å². The zero-order chi connectivity index (χ0) is 16.8. The molecule has 1 aromatic carbocycles. The number of hydrogen-bond donors (Lipinski definition) is 0. The maximum atomic E-state index is 12.8. The number of amides is 1. The van der Waals surface area contributed by atoms with Crippen LogP contribution in [0.2, 0.25) is 0 Å². The van der Waals surface area contributed by atoms with Gasteiger partial charge in [-0.3, -0.25) is 9.69 Å². The maximum absolute atomic E-state index is 12.8. The Morgan fingerprint density at radius 3 is 2.35 bits per heavy atom. The Morgan fingerprint density at radius 1 is 1.13 bits per heavy atom. The second-order valence-corrected chi connectivity index (χ2v) is 7.36. The largest absolute Gasteiger partial charge is 0.312 e. The first-order valence-corrected chi connectivity index (χ1v) is 8.97. The lowest BCUT2D eigenvalue weighted by atomic mass is 10.2. The number of para-hydroxylation sites is 1. The predicted molar refractivity (Wildman–Crippen MR) is 99.1 cm³/mol. The van der Waals surface area contributed by atoms with Crippen molar-refractivity contribution in [2.24, 2.45) is 0 Å². The van der Waals surface area contributed by atoms with E-state index in [2.05, 4.69) is 37.8 Å². The van der Waals surface area contributed by atoms with Crippen molar-refractivity contribution in [3.63, 3.8) is 0 Å². The van der Waals surface area contributed by atoms with Crippen LogP contribution in [0.4, 0.5) is 5.69 Å². The lowest BCUT2D eigenvalue weighted by Crippen LogP contribution is -2.42. The molecule has 0 bridgehead atoms. The summed E-state index contributed by atoms with van der Waals surface area (Å²) in [5.41, 5.74) is 0.968. The Balaban J connectivity index is 2.07. The minimum absolute atomic E-state index is 0.153. The van der Waals surface area contributed by atoms with E-state index in [4.69, 9.17) is 0 Å². The molecule has 4 heteroatoms. The molecule has 0 aliphatic carbocycles. The van der Waals surface area contributed by atoms with Crippen molar-refractivity contribution < 1.29 is 4.79 Å². The second-order valence-electron chi connectivity index (χ2n) is 5.98. The van der Waals surface area contributed by atoms with Crippen LogP contribution in [-0.4, -0.2) is 29.9 Å². The molecule has 23 heavy (non-hydrogen) atoms. The summed E-state index contributed by atoms with van der Waals surface area (Å²) < 4.78 is 0. The van der Waals surface area contributed by atoms with Crippen molar-refractivity contribution in [3.05, 3.63) is 52.2 Å². The number of rotatable bonds is 7. The summed E-state index contributed by atoms with van der Waals surface area (Å²) in [6, 6.07) is 14.5. The van der Waals surface area contributed by atoms with Gasteiger partial charge in [-0.05, 0) is 52.0 Å². The van der Waals surface area contributed by atoms with Gasteiger partial charge in [0.2, 0.25) is 5.91 Å². The molecule has 2 aromatic rings. The van der Waals surface area contributed by atoms with Crippen molar-refractivity contribution in [1.29, 1.82) is 0 Å². The molecule has 0 N–H and O–H groups in total. The number of nitrogens with zero attached hydrogens (tertiary/aromatic N) is 2. The number of hydrogen-bond acceptors (Lipinski definition) is 3. The van der Waals surface area contributed by atoms with Gasteiger partial charge in [0.05, 0.1) is 6.54 Å². The minimum Gasteiger partial charge on any atom is -0.312 e. The van der Waals surface area contributed by atoms with E-state index in [9.17, 15) is 4.79 Å². The third kappa shape index (κ3) is 4.91. The Hall–Kier alpha value is -1.65. The molecule has 0 spiro atoms. The molecular formula is C19H26N2OS. The third-order valence-electron chi connectivity index (χ3n) is 3.91. The van der Waals surface area contributed by atoms with Gasteiger partial charge in [-0.2, -0.15) is 0 Å². The third-order valence-corrected chi connectivity index (χ3v) is 4.89. The minimum atomic E-state index is 0.153. The first kappa shape index (κ1) is 17.7. The SMILES string of the molecule is CCN(C(=O)CN(Cc1ccc(C)s1)C(C)C)c1ccccc1. The Bertz CT molecular complexity index is 621. The standard InChI is InChI=1S/C19H26N2OS/c1-5-21(17-9-7-6-8-10-17)19(22)14-20(15(2)3)13-18-12-11-16(4)23-18/h6-12,15H,5,13-14H2,1-4H3. The number of thiophene rings is 1. The van der Waals surface area contributed by atoms with Gasteiger partial charge in [0.1, 0.15) is 0 Å². The van der Waals surface area contributed by atoms with Gasteiger partial charge < -0.3 is 4.90 Å². The fraction of sp³-hybridized carbons (Fsp3) is 0.421. The molecule has 1 amide bonds. The topological polar surface area (TPSA) is 23.6 Å². The number of likely N-dealkylation sites (N-methyl/N-ethyl adjacent to an activating group) is 1. The van der Waals surface area contributed by atoms with Gasteiger partial charge >= 0.3 is 0 Å². The molecule has 0 atom stereocenters. The van der Waals surface area contributed by atoms with E-state index in [1.54, 1.807) is 11.3 Å². The number of carbonyl (C=O) groups is 1. The average Bonchev–Trinajstić information content (AvgIpc) is 2.93. The summed E-state index contributed by atoms with van der Waals surface area (Å²) in [4.78, 5) is 19.5. The number of benzene rings is 1. The average molecular weight is 330 g/mol. The van der Waals surface area contributed by atoms with Crippen LogP contribution in [0.15, 0.2) is 42.5 Å². The molecule has 124 valence electrons. The first-order valence-electron chi connectivity index (χ1n) is 8.16. The maximum Gasteiger partial charge on any atom is 0.241 e. The van der Waals surface area contributed by atoms with Gasteiger partial charge in [-0.25, -0.2) is 0 Å². The van der Waals surface area contributed by atoms with Crippen LogP contribution in [0.3, 0.4) is 0 Å². The molecule has 2 rings (SSSR count). The highest BCUT2D eigenvalue weighted by atomic mass is 32.1. The van der Waals surface area contributed by atoms with Crippen molar-refractivity contribution in [2.75, 3.05) is 18.0 Å². The summed E-state index contributed by atoms with van der Waals surface area (Å²) in [6.45, 7) is 10.4. The molecule has 0 saturated carbocycles. The van der Waals surface area contributed by atoms with E-state index in [0.717, 1.165) is 12.2 Å². The van der Waals surface area contributed by atoms with Crippen molar-refractivity contribution in [3.8, 4) is 0 Å². The fourth-order valence-corrected chi connectivity index (χ4v) is 3.48. The molecule has 0 aliphatic heterocycles. The Labute approximate surface area is 143 Å². The number of aryl methyl sites for hydroxylation is 1. The monoisotopic (exact) mass is 330 g/mol. The van der Waals surface area contributed by atoms with Crippen LogP contribution in [-0.2, 0) is 11.3 Å². The lowest BCUT2D eigenvalue weighted by Gasteiger charge is -2.29. The number of carbonyl (C=O) groups excluding carboxylic acids is 1. The summed E-state index contributed by atoms with van der Waals surface area (Å²) in [6.07, 6.45) is 0. The van der Waals surface area contributed by atoms with E-state index >= 15 is 0 Å². The highest BCUT2D eigenvalue weighted by molar-refractivity contribution is 7.11. The fourth-order valence-electron chi connectivity index (χ4n) is 2.56. The molecule has 1 aromatic heterocycles. The highest BCUT2D eigenvalue weighted by Crippen LogP contribution is 2.19. The van der Waals surface area contributed by atoms with Crippen molar-refractivity contribution >= 4 is 22.9 Å². The van der Waals surface area contributed by atoms with Crippen LogP contribution < -0.4 is 4.90 Å². The summed E-state index contributed by atoms with van der Waals surface area (Å²) in [7, 11) is 0. The summed E-state index contributed by atoms with van der Waals surface area (Å²) in [5.74, 6) is 0.153. The van der Waals surface area contributed by atoms with Gasteiger partial charge in [-0.1, -0.05) is 18.2 Å². The second kappa shape index (κ2) is 8.27. The van der Waals surface area contributed by atoms with E-state index in [0.29, 0.717) is 19.1 Å². The van der Waals surface area contributed by atoms with Crippen molar-refractivity contribution in [2.45, 2.75) is 40.3 Å². The molecule has 0 saturated heterocycles. The Kier molecular flexibility index (Phi) is 6.37. The molecule has 0 radical (unpaired) electrons. The highest BCUT2D eigenvalue weighted by Gasteiger charge is 2.20. The van der Waals surface area contributed by atoms with Crippen LogP contribution in [0.1, 0.15) is 30.5 Å². The molecule has 1 heterocycles. The van der Waals surface area contributed by atoms with Crippen LogP contribution in [0, 0.1) is 6.92 Å². The summed E-state index contributed by atoms with van der Waals surface area (Å²) >= 11 is 1.80. The van der Waals surface area contributed by atoms with Gasteiger partial charge in [0.15, 0.2) is 0 Å². The lowest BCUT2D eigenvalue weighted by molar-refractivity contribution is -0.120. The van der Waals surface area contributed by atoms with E-state index in [1.807, 2.05) is 42.2 Å². The quantitative estimate of drug-likeness (QED) is 0.755. The van der Waals surface area contributed by atoms with Crippen LogP contribution >= 0.6 is 11.3 Å². The van der Waals surface area contributed by atoms with Gasteiger partial charge in [-0.15, -0.1) is 11.3 Å². The summed E-state index contributed by atoms with van der Waals surface area (Å²) in [5, 5.41) is 0. The first-order chi connectivity index (χ1) is 11.0. The normalized spacial score (nSPS) is 11.2. The van der Waals surface area contributed by atoms with E-state index in [1.165, 1.54) is 9.75 Å². The molecule has 0 aliphatic rings. The zero-order valence-electron chi connectivity index (χ0n) is 14.5. The van der Waals surface area contributed by atoms with Crippen LogP contribution in [0.5, 0.6) is 0 Å². The smallest absolute Gasteiger partial charge is 0.241 e. The molecule has 0 fully saturated rings. The van der Waals surface area contributed by atoms with Crippen LogP contribution in [0.25, 0.3) is 0 Å². The number of anilines is 1. The zero-order valence-corrected chi connectivity index (χ0v) is 15.3. The van der Waals surface area contributed by atoms with Gasteiger partial charge in [0, 0.05) is 34.6 Å².